The van der Waals surface area contributed by atoms with Gasteiger partial charge in [0.2, 0.25) is 0 Å². The van der Waals surface area contributed by atoms with E-state index in [4.69, 9.17) is 5.26 Å². The zero-order valence-electron chi connectivity index (χ0n) is 9.50. The lowest BCUT2D eigenvalue weighted by atomic mass is 10.0. The van der Waals surface area contributed by atoms with E-state index in [-0.39, 0.29) is 16.7 Å². The first-order valence-corrected chi connectivity index (χ1v) is 5.29. The number of hydrogen-bond acceptors (Lipinski definition) is 1. The Kier molecular flexibility index (Phi) is 3.26. The predicted octanol–water partition coefficient (Wildman–Crippen LogP) is 4.38. The van der Waals surface area contributed by atoms with E-state index in [1.54, 1.807) is 6.07 Å². The van der Waals surface area contributed by atoms with E-state index in [1.807, 2.05) is 0 Å². The Morgan fingerprint density at radius 1 is 1.00 bits per heavy atom. The predicted molar refractivity (Wildman–Crippen MR) is 61.6 cm³/mol. The van der Waals surface area contributed by atoms with Gasteiger partial charge in [0.05, 0.1) is 11.1 Å². The summed E-state index contributed by atoms with van der Waals surface area (Å²) in [7, 11) is 0. The molecule has 0 saturated heterocycles. The van der Waals surface area contributed by atoms with Crippen LogP contribution in [0, 0.1) is 17.1 Å². The molecule has 0 atom stereocenters. The van der Waals surface area contributed by atoms with E-state index in [0.29, 0.717) is 0 Å². The number of rotatable bonds is 1. The second kappa shape index (κ2) is 4.73. The van der Waals surface area contributed by atoms with Crippen LogP contribution in [0.3, 0.4) is 0 Å². The molecule has 0 heterocycles. The minimum Gasteiger partial charge on any atom is -0.205 e. The van der Waals surface area contributed by atoms with Crippen molar-refractivity contribution in [1.29, 1.82) is 5.26 Å². The van der Waals surface area contributed by atoms with E-state index >= 15 is 0 Å². The van der Waals surface area contributed by atoms with Gasteiger partial charge in [0.15, 0.2) is 0 Å². The van der Waals surface area contributed by atoms with Crippen LogP contribution in [0.5, 0.6) is 0 Å². The summed E-state index contributed by atoms with van der Waals surface area (Å²) in [4.78, 5) is 0. The molecule has 1 nitrogen and oxygen atoms in total. The van der Waals surface area contributed by atoms with Crippen LogP contribution in [-0.4, -0.2) is 0 Å². The molecule has 5 heteroatoms. The lowest BCUT2D eigenvalue weighted by Gasteiger charge is -2.09. The maximum absolute atomic E-state index is 13.9. The SMILES string of the molecule is N#Cc1cccc(-c2cccc(C(F)(F)F)c2)c1F. The summed E-state index contributed by atoms with van der Waals surface area (Å²) >= 11 is 0. The Morgan fingerprint density at radius 2 is 1.68 bits per heavy atom. The number of benzene rings is 2. The minimum atomic E-state index is -4.49. The fraction of sp³-hybridized carbons (Fsp3) is 0.0714. The molecule has 0 aliphatic rings. The first-order chi connectivity index (χ1) is 8.93. The molecular formula is C14H7F4N. The Morgan fingerprint density at radius 3 is 2.32 bits per heavy atom. The summed E-state index contributed by atoms with van der Waals surface area (Å²) in [5, 5.41) is 8.70. The van der Waals surface area contributed by atoms with Crippen molar-refractivity contribution in [2.24, 2.45) is 0 Å². The molecule has 0 radical (unpaired) electrons. The van der Waals surface area contributed by atoms with Gasteiger partial charge in [-0.1, -0.05) is 24.3 Å². The second-order valence-electron chi connectivity index (χ2n) is 3.86. The second-order valence-corrected chi connectivity index (χ2v) is 3.86. The molecule has 0 aromatic heterocycles. The first-order valence-electron chi connectivity index (χ1n) is 5.29. The molecule has 2 aromatic rings. The molecule has 19 heavy (non-hydrogen) atoms. The molecular weight excluding hydrogens is 258 g/mol. The Bertz CT molecular complexity index is 653. The summed E-state index contributed by atoms with van der Waals surface area (Å²) in [6, 6.07) is 10.0. The fourth-order valence-electron chi connectivity index (χ4n) is 1.70. The molecule has 0 unspecified atom stereocenters. The van der Waals surface area contributed by atoms with Crippen molar-refractivity contribution in [2.45, 2.75) is 6.18 Å². The van der Waals surface area contributed by atoms with Gasteiger partial charge in [0.1, 0.15) is 11.9 Å². The highest BCUT2D eigenvalue weighted by molar-refractivity contribution is 5.67. The first kappa shape index (κ1) is 13.1. The maximum Gasteiger partial charge on any atom is 0.416 e. The summed E-state index contributed by atoms with van der Waals surface area (Å²) in [6.07, 6.45) is -4.49. The summed E-state index contributed by atoms with van der Waals surface area (Å²) in [5.74, 6) is -0.815. The molecule has 0 saturated carbocycles. The Labute approximate surface area is 106 Å². The number of nitriles is 1. The summed E-state index contributed by atoms with van der Waals surface area (Å²) in [5.41, 5.74) is -0.990. The lowest BCUT2D eigenvalue weighted by Crippen LogP contribution is -2.04. The zero-order chi connectivity index (χ0) is 14.0. The molecule has 0 aliphatic heterocycles. The van der Waals surface area contributed by atoms with E-state index in [0.717, 1.165) is 12.1 Å². The third-order valence-corrected chi connectivity index (χ3v) is 2.62. The average Bonchev–Trinajstić information content (AvgIpc) is 2.38. The van der Waals surface area contributed by atoms with Crippen molar-refractivity contribution in [3.63, 3.8) is 0 Å². The van der Waals surface area contributed by atoms with Crippen molar-refractivity contribution in [3.05, 3.63) is 59.4 Å². The van der Waals surface area contributed by atoms with Gasteiger partial charge in [0, 0.05) is 5.56 Å². The van der Waals surface area contributed by atoms with Crippen LogP contribution in [0.15, 0.2) is 42.5 Å². The van der Waals surface area contributed by atoms with Gasteiger partial charge in [0.25, 0.3) is 0 Å². The normalized spacial score (nSPS) is 11.1. The van der Waals surface area contributed by atoms with Gasteiger partial charge < -0.3 is 0 Å². The van der Waals surface area contributed by atoms with Crippen LogP contribution in [0.1, 0.15) is 11.1 Å². The van der Waals surface area contributed by atoms with Gasteiger partial charge in [-0.05, 0) is 23.8 Å². The van der Waals surface area contributed by atoms with Gasteiger partial charge in [-0.15, -0.1) is 0 Å². The van der Waals surface area contributed by atoms with Crippen LogP contribution in [-0.2, 0) is 6.18 Å². The lowest BCUT2D eigenvalue weighted by molar-refractivity contribution is -0.137. The van der Waals surface area contributed by atoms with Crippen molar-refractivity contribution in [2.75, 3.05) is 0 Å². The number of hydrogen-bond donors (Lipinski definition) is 0. The summed E-state index contributed by atoms with van der Waals surface area (Å²) < 4.78 is 51.6. The molecule has 0 fully saturated rings. The van der Waals surface area contributed by atoms with E-state index < -0.39 is 17.6 Å². The van der Waals surface area contributed by atoms with Crippen molar-refractivity contribution in [3.8, 4) is 17.2 Å². The summed E-state index contributed by atoms with van der Waals surface area (Å²) in [6.45, 7) is 0. The quantitative estimate of drug-likeness (QED) is 0.702. The van der Waals surface area contributed by atoms with Gasteiger partial charge >= 0.3 is 6.18 Å². The molecule has 0 spiro atoms. The van der Waals surface area contributed by atoms with E-state index in [2.05, 4.69) is 0 Å². The largest absolute Gasteiger partial charge is 0.416 e. The Balaban J connectivity index is 2.58. The maximum atomic E-state index is 13.9. The third-order valence-electron chi connectivity index (χ3n) is 2.62. The highest BCUT2D eigenvalue weighted by Crippen LogP contribution is 2.33. The van der Waals surface area contributed by atoms with E-state index in [1.165, 1.54) is 30.3 Å². The van der Waals surface area contributed by atoms with Crippen LogP contribution < -0.4 is 0 Å². The molecule has 0 bridgehead atoms. The topological polar surface area (TPSA) is 23.8 Å². The van der Waals surface area contributed by atoms with Crippen LogP contribution in [0.2, 0.25) is 0 Å². The standard InChI is InChI=1S/C14H7F4N/c15-13-10(8-19)4-2-6-12(13)9-3-1-5-11(7-9)14(16,17)18/h1-7H. The van der Waals surface area contributed by atoms with E-state index in [9.17, 15) is 17.6 Å². The van der Waals surface area contributed by atoms with Crippen molar-refractivity contribution < 1.29 is 17.6 Å². The minimum absolute atomic E-state index is 0.0230. The molecule has 0 N–H and O–H groups in total. The van der Waals surface area contributed by atoms with Gasteiger partial charge in [-0.2, -0.15) is 18.4 Å². The van der Waals surface area contributed by atoms with Crippen LogP contribution in [0.25, 0.3) is 11.1 Å². The highest BCUT2D eigenvalue weighted by atomic mass is 19.4. The molecule has 2 rings (SSSR count). The number of nitrogens with zero attached hydrogens (tertiary/aromatic N) is 1. The van der Waals surface area contributed by atoms with Crippen LogP contribution >= 0.6 is 0 Å². The monoisotopic (exact) mass is 265 g/mol. The van der Waals surface area contributed by atoms with Gasteiger partial charge in [-0.3, -0.25) is 0 Å². The molecule has 0 amide bonds. The third kappa shape index (κ3) is 2.58. The molecule has 0 aliphatic carbocycles. The van der Waals surface area contributed by atoms with Gasteiger partial charge in [-0.25, -0.2) is 4.39 Å². The molecule has 2 aromatic carbocycles. The zero-order valence-corrected chi connectivity index (χ0v) is 9.50. The van der Waals surface area contributed by atoms with Crippen LogP contribution in [0.4, 0.5) is 17.6 Å². The van der Waals surface area contributed by atoms with Crippen molar-refractivity contribution >= 4 is 0 Å². The van der Waals surface area contributed by atoms with Crippen molar-refractivity contribution in [1.82, 2.24) is 0 Å². The number of halogens is 4. The highest BCUT2D eigenvalue weighted by Gasteiger charge is 2.30. The average molecular weight is 265 g/mol. The smallest absolute Gasteiger partial charge is 0.205 e. The number of alkyl halides is 3. The fourth-order valence-corrected chi connectivity index (χ4v) is 1.70. The Hall–Kier alpha value is -2.35. The molecule has 96 valence electrons.